The molecule has 0 unspecified atom stereocenters. The average molecular weight is 1190 g/mol. The first kappa shape index (κ1) is 51.6. The minimum Gasteiger partial charge on any atom is -0.244 e. The van der Waals surface area contributed by atoms with Crippen LogP contribution < -0.4 is 4.74 Å². The molecule has 0 fully saturated rings. The minimum absolute atomic E-state index is 0.0622. The van der Waals surface area contributed by atoms with Gasteiger partial charge < -0.3 is 0 Å². The minimum atomic E-state index is -0.0622. The summed E-state index contributed by atoms with van der Waals surface area (Å²) in [5.74, 6) is 2.29. The molecule has 0 aliphatic rings. The van der Waals surface area contributed by atoms with E-state index < -0.39 is 0 Å². The van der Waals surface area contributed by atoms with Crippen LogP contribution in [-0.4, -0.2) is 28.7 Å². The Hall–Kier alpha value is -7.47. The molecule has 7 nitrogen and oxygen atoms in total. The summed E-state index contributed by atoms with van der Waals surface area (Å²) in [6.07, 6.45) is 7.13. The normalized spacial score (nSPS) is 12.6. The van der Waals surface area contributed by atoms with Crippen molar-refractivity contribution >= 4 is 32.8 Å². The Bertz CT molecular complexity index is 3990. The quantitative estimate of drug-likeness (QED) is 0.152. The van der Waals surface area contributed by atoms with Crippen molar-refractivity contribution in [2.45, 2.75) is 112 Å². The van der Waals surface area contributed by atoms with Crippen LogP contribution in [0.5, 0.6) is 11.5 Å². The second-order valence-electron chi connectivity index (χ2n) is 24.8. The van der Waals surface area contributed by atoms with E-state index in [1.165, 1.54) is 44.5 Å². The van der Waals surface area contributed by atoms with Crippen molar-refractivity contribution in [1.29, 1.82) is 0 Å². The molecule has 11 rings (SSSR count). The van der Waals surface area contributed by atoms with Crippen molar-refractivity contribution < 1.29 is 24.1 Å². The average Bonchev–Trinajstić information content (AvgIpc) is 3.95. The second-order valence-corrected chi connectivity index (χ2v) is 25.8. The summed E-state index contributed by atoms with van der Waals surface area (Å²) < 4.78 is 15.1. The van der Waals surface area contributed by atoms with Gasteiger partial charge in [0.2, 0.25) is 0 Å². The van der Waals surface area contributed by atoms with Crippen LogP contribution >= 0.6 is 0 Å². The number of fused-ring (bicyclic) bond motifs is 4. The van der Waals surface area contributed by atoms with E-state index in [-0.39, 0.29) is 21.7 Å². The molecule has 0 aliphatic heterocycles. The molecular weight excluding hydrogens is 1120 g/mol. The van der Waals surface area contributed by atoms with Crippen LogP contribution in [0.4, 0.5) is 0 Å². The van der Waals surface area contributed by atoms with E-state index in [9.17, 15) is 0 Å². The molecule has 4 heterocycles. The molecule has 4 aromatic heterocycles. The van der Waals surface area contributed by atoms with Crippen molar-refractivity contribution in [1.82, 2.24) is 28.7 Å². The summed E-state index contributed by atoms with van der Waals surface area (Å²) in [4.78, 5) is 13.5. The molecule has 0 saturated carbocycles. The van der Waals surface area contributed by atoms with Gasteiger partial charge in [0.05, 0.1) is 0 Å². The zero-order valence-corrected chi connectivity index (χ0v) is 48.9. The maximum absolute atomic E-state index is 6.92. The Labute approximate surface area is 464 Å². The predicted octanol–water partition coefficient (Wildman–Crippen LogP) is 18.1. The van der Waals surface area contributed by atoms with Gasteiger partial charge in [-0.2, -0.15) is 0 Å². The third-order valence-electron chi connectivity index (χ3n) is 15.1. The Morgan fingerprint density at radius 2 is 0.922 bits per heavy atom. The molecule has 7 aromatic carbocycles. The first-order valence-electron chi connectivity index (χ1n) is 26.7. The van der Waals surface area contributed by atoms with Crippen molar-refractivity contribution in [3.63, 3.8) is 0 Å². The van der Waals surface area contributed by atoms with Gasteiger partial charge >= 0.3 is 397 Å². The standard InChI is InChI=1S/C69H68N6O.Pt/c1-44-30-64(72-41-59(44)47-39-70-42-71-40-47)75-60-25-15-14-22-57(60)58-29-28-54(38-63(58)75)76-53-21-18-20-52(37-53)73-43-74(62-27-17-16-26-61(62)73)65-55(45-31-48(66(2,3)4)35-49(32-45)67(5,6)7)23-19-24-56(65)46-33-50(68(8,9)10)36-51(34-46)69(11,12)13;/h14-42H,1-13H3;. The predicted molar refractivity (Wildman–Crippen MR) is 316 cm³/mol. The smallest absolute Gasteiger partial charge is 0.244 e. The first-order chi connectivity index (χ1) is 36.5. The maximum atomic E-state index is 6.92. The summed E-state index contributed by atoms with van der Waals surface area (Å²) in [7, 11) is 0. The second kappa shape index (κ2) is 19.2. The number of benzene rings is 7. The Kier molecular flexibility index (Phi) is 12.9. The van der Waals surface area contributed by atoms with Gasteiger partial charge in [-0.05, 0) is 12.5 Å². The molecule has 0 atom stereocenters. The molecule has 0 radical (unpaired) electrons. The van der Waals surface area contributed by atoms with Gasteiger partial charge in [-0.3, -0.25) is 0 Å². The summed E-state index contributed by atoms with van der Waals surface area (Å²) >= 11 is 2.57. The van der Waals surface area contributed by atoms with Crippen molar-refractivity contribution in [2.75, 3.05) is 0 Å². The van der Waals surface area contributed by atoms with Gasteiger partial charge in [-0.25, -0.2) is 9.97 Å². The zero-order chi connectivity index (χ0) is 54.3. The number of hydrogen-bond donors (Lipinski definition) is 0. The molecule has 77 heavy (non-hydrogen) atoms. The number of nitrogens with zero attached hydrogens (tertiary/aromatic N) is 6. The topological polar surface area (TPSA) is 62.7 Å². The van der Waals surface area contributed by atoms with Crippen LogP contribution in [0, 0.1) is 10.7 Å². The molecule has 11 aromatic rings. The van der Waals surface area contributed by atoms with E-state index >= 15 is 0 Å². The summed E-state index contributed by atoms with van der Waals surface area (Å²) in [6.45, 7) is 30.0. The Morgan fingerprint density at radius 1 is 0.416 bits per heavy atom. The third-order valence-corrected chi connectivity index (χ3v) is 16.1. The van der Waals surface area contributed by atoms with Crippen molar-refractivity contribution in [3.8, 4) is 62.1 Å². The van der Waals surface area contributed by atoms with E-state index in [0.717, 1.165) is 82.0 Å². The van der Waals surface area contributed by atoms with Crippen LogP contribution in [0.25, 0.3) is 83.4 Å². The fourth-order valence-electron chi connectivity index (χ4n) is 10.6. The van der Waals surface area contributed by atoms with Crippen LogP contribution in [-0.2, 0) is 41.0 Å². The van der Waals surface area contributed by atoms with Gasteiger partial charge in [0, 0.05) is 29.7 Å². The number of para-hydroxylation sites is 4. The van der Waals surface area contributed by atoms with E-state index in [1.807, 2.05) is 24.7 Å². The first-order valence-corrected chi connectivity index (χ1v) is 27.8. The van der Waals surface area contributed by atoms with Gasteiger partial charge in [0.25, 0.3) is 0 Å². The van der Waals surface area contributed by atoms with Crippen molar-refractivity contribution in [2.24, 2.45) is 0 Å². The van der Waals surface area contributed by atoms with Crippen LogP contribution in [0.2, 0.25) is 0 Å². The van der Waals surface area contributed by atoms with Gasteiger partial charge in [0.15, 0.2) is 0 Å². The van der Waals surface area contributed by atoms with Gasteiger partial charge in [-0.15, -0.1) is 0 Å². The summed E-state index contributed by atoms with van der Waals surface area (Å²) in [6, 6.07) is 55.8. The van der Waals surface area contributed by atoms with E-state index in [2.05, 4.69) is 279 Å². The third kappa shape index (κ3) is 9.73. The number of imidazole rings is 1. The molecule has 0 aliphatic carbocycles. The summed E-state index contributed by atoms with van der Waals surface area (Å²) in [5, 5.41) is 2.27. The molecule has 0 amide bonds. The van der Waals surface area contributed by atoms with E-state index in [4.69, 9.17) is 9.72 Å². The van der Waals surface area contributed by atoms with Crippen LogP contribution in [0.1, 0.15) is 111 Å². The van der Waals surface area contributed by atoms with Gasteiger partial charge in [-0.1, -0.05) is 12.1 Å². The van der Waals surface area contributed by atoms with Gasteiger partial charge in [0.1, 0.15) is 6.33 Å². The molecular formula is C69H68N6OPt. The number of aromatic nitrogens is 6. The fraction of sp³-hybridized carbons (Fsp3) is 0.246. The summed E-state index contributed by atoms with van der Waals surface area (Å²) in [5.41, 5.74) is 19.3. The molecule has 0 spiro atoms. The Morgan fingerprint density at radius 3 is 1.48 bits per heavy atom. The number of hydrogen-bond acceptors (Lipinski definition) is 4. The van der Waals surface area contributed by atoms with Crippen molar-refractivity contribution in [3.05, 3.63) is 208 Å². The number of ether oxygens (including phenoxy) is 1. The Balaban J connectivity index is 1.08. The van der Waals surface area contributed by atoms with E-state index in [0.29, 0.717) is 0 Å². The number of aryl methyl sites for hydroxylation is 1. The van der Waals surface area contributed by atoms with Crippen LogP contribution in [0.15, 0.2) is 177 Å². The SMILES string of the molecule is Cc1cc(-n2c3ccccc3c3ccc(Oc4cccc(-n5[c](=[Pt])n(-c6c(-c7cc(C(C)(C)C)cc(C(C)(C)C)c7)cccc6-c6cc(C(C)(C)C)cc(C(C)(C)C)c6)c6ccccc65)c4)cc32)ncc1-c1cncnc1. The molecule has 0 saturated heterocycles. The fourth-order valence-corrected chi connectivity index (χ4v) is 11.7. The number of rotatable bonds is 8. The number of pyridine rings is 1. The van der Waals surface area contributed by atoms with E-state index in [1.54, 1.807) is 6.33 Å². The molecule has 8 heteroatoms. The zero-order valence-electron chi connectivity index (χ0n) is 46.7. The molecule has 0 N–H and O–H groups in total. The monoisotopic (exact) mass is 1190 g/mol. The van der Waals surface area contributed by atoms with Crippen LogP contribution in [0.3, 0.4) is 0 Å². The molecule has 390 valence electrons. The molecule has 0 bridgehead atoms.